The molecule has 30 heavy (non-hydrogen) atoms. The van der Waals surface area contributed by atoms with E-state index in [-0.39, 0.29) is 11.4 Å². The second kappa shape index (κ2) is 8.67. The van der Waals surface area contributed by atoms with E-state index in [1.165, 1.54) is 11.3 Å². The smallest absolute Gasteiger partial charge is 0.261 e. The third kappa shape index (κ3) is 4.39. The minimum absolute atomic E-state index is 0.0405. The molecule has 8 heteroatoms. The lowest BCUT2D eigenvalue weighted by molar-refractivity contribution is -0.00922. The van der Waals surface area contributed by atoms with Gasteiger partial charge in [-0.15, -0.1) is 11.3 Å². The number of halogens is 1. The molecule has 1 aliphatic rings. The first-order chi connectivity index (χ1) is 14.3. The maximum Gasteiger partial charge on any atom is 0.261 e. The molecule has 1 aromatic carbocycles. The van der Waals surface area contributed by atoms with Gasteiger partial charge < -0.3 is 10.1 Å². The van der Waals surface area contributed by atoms with E-state index in [4.69, 9.17) is 16.3 Å². The van der Waals surface area contributed by atoms with Gasteiger partial charge in [-0.05, 0) is 38.5 Å². The second-order valence-electron chi connectivity index (χ2n) is 8.26. The Morgan fingerprint density at radius 1 is 1.30 bits per heavy atom. The van der Waals surface area contributed by atoms with Crippen molar-refractivity contribution in [2.75, 3.05) is 32.8 Å². The van der Waals surface area contributed by atoms with E-state index >= 15 is 0 Å². The highest BCUT2D eigenvalue weighted by Crippen LogP contribution is 2.30. The summed E-state index contributed by atoms with van der Waals surface area (Å²) >= 11 is 7.80. The summed E-state index contributed by atoms with van der Waals surface area (Å²) < 4.78 is 7.38. The molecule has 0 radical (unpaired) electrons. The van der Waals surface area contributed by atoms with Crippen LogP contribution in [0.15, 0.2) is 30.3 Å². The number of thiophene rings is 1. The molecule has 1 fully saturated rings. The summed E-state index contributed by atoms with van der Waals surface area (Å²) in [6.07, 6.45) is 0. The van der Waals surface area contributed by atoms with E-state index < -0.39 is 0 Å². The minimum atomic E-state index is -0.118. The summed E-state index contributed by atoms with van der Waals surface area (Å²) in [6.45, 7) is 10.7. The molecule has 4 rings (SSSR count). The van der Waals surface area contributed by atoms with Gasteiger partial charge in [0.25, 0.3) is 5.91 Å². The zero-order valence-corrected chi connectivity index (χ0v) is 19.1. The van der Waals surface area contributed by atoms with Crippen molar-refractivity contribution in [1.82, 2.24) is 20.0 Å². The van der Waals surface area contributed by atoms with Gasteiger partial charge in [-0.3, -0.25) is 14.4 Å². The lowest BCUT2D eigenvalue weighted by Crippen LogP contribution is -2.55. The summed E-state index contributed by atoms with van der Waals surface area (Å²) in [5.41, 5.74) is 1.81. The van der Waals surface area contributed by atoms with Crippen molar-refractivity contribution < 1.29 is 9.53 Å². The monoisotopic (exact) mass is 446 g/mol. The van der Waals surface area contributed by atoms with Gasteiger partial charge in [0.1, 0.15) is 4.83 Å². The van der Waals surface area contributed by atoms with E-state index in [0.29, 0.717) is 18.0 Å². The summed E-state index contributed by atoms with van der Waals surface area (Å²) in [5, 5.41) is 9.51. The van der Waals surface area contributed by atoms with Crippen LogP contribution in [0.5, 0.6) is 0 Å². The Bertz CT molecular complexity index is 1050. The van der Waals surface area contributed by atoms with Crippen LogP contribution >= 0.6 is 22.9 Å². The molecule has 0 unspecified atom stereocenters. The van der Waals surface area contributed by atoms with Crippen LogP contribution in [0, 0.1) is 6.92 Å². The van der Waals surface area contributed by atoms with Crippen molar-refractivity contribution in [1.29, 1.82) is 0 Å². The normalized spacial score (nSPS) is 15.6. The predicted octanol–water partition coefficient (Wildman–Crippen LogP) is 3.95. The molecular formula is C22H27ClN4O2S. The molecule has 1 aliphatic heterocycles. The topological polar surface area (TPSA) is 59.4 Å². The summed E-state index contributed by atoms with van der Waals surface area (Å²) in [4.78, 5) is 16.9. The zero-order valence-electron chi connectivity index (χ0n) is 17.6. The molecule has 0 aliphatic carbocycles. The number of aromatic nitrogens is 2. The van der Waals surface area contributed by atoms with E-state index in [9.17, 15) is 4.79 Å². The van der Waals surface area contributed by atoms with Crippen LogP contribution in [-0.4, -0.2) is 59.0 Å². The molecule has 1 saturated heterocycles. The van der Waals surface area contributed by atoms with E-state index in [2.05, 4.69) is 29.2 Å². The summed E-state index contributed by atoms with van der Waals surface area (Å²) in [6, 6.07) is 9.72. The average molecular weight is 447 g/mol. The first-order valence-corrected chi connectivity index (χ1v) is 11.4. The van der Waals surface area contributed by atoms with Crippen molar-refractivity contribution in [3.05, 3.63) is 51.5 Å². The number of nitrogens with zero attached hydrogens (tertiary/aromatic N) is 3. The third-order valence-corrected chi connectivity index (χ3v) is 7.17. The number of hydrogen-bond donors (Lipinski definition) is 1. The molecule has 1 amide bonds. The Morgan fingerprint density at radius 2 is 2.03 bits per heavy atom. The van der Waals surface area contributed by atoms with E-state index in [1.54, 1.807) is 0 Å². The maximum absolute atomic E-state index is 12.9. The van der Waals surface area contributed by atoms with Gasteiger partial charge in [-0.1, -0.05) is 29.8 Å². The van der Waals surface area contributed by atoms with E-state index in [1.807, 2.05) is 41.9 Å². The number of fused-ring (bicyclic) bond motifs is 1. The lowest BCUT2D eigenvalue weighted by Gasteiger charge is -2.40. The fourth-order valence-electron chi connectivity index (χ4n) is 3.78. The first kappa shape index (κ1) is 21.3. The Labute approximate surface area is 185 Å². The molecule has 1 N–H and O–H groups in total. The molecule has 3 heterocycles. The molecule has 0 bridgehead atoms. The number of nitrogens with one attached hydrogen (secondary N) is 1. The fraction of sp³-hybridized carbons (Fsp3) is 0.455. The molecule has 0 spiro atoms. The predicted molar refractivity (Wildman–Crippen MR) is 122 cm³/mol. The fourth-order valence-corrected chi connectivity index (χ4v) is 5.06. The van der Waals surface area contributed by atoms with Crippen LogP contribution < -0.4 is 5.32 Å². The standard InChI is InChI=1S/C22H27ClN4O2S/c1-15-17-12-19(20(28)24-14-22(2,3)26-8-10-29-11-9-26)30-21(17)27(25-15)13-16-6-4-5-7-18(16)23/h4-7,12H,8-11,13-14H2,1-3H3,(H,24,28). The van der Waals surface area contributed by atoms with Gasteiger partial charge in [-0.25, -0.2) is 0 Å². The van der Waals surface area contributed by atoms with Gasteiger partial charge in [0, 0.05) is 35.6 Å². The molecule has 6 nitrogen and oxygen atoms in total. The number of rotatable bonds is 6. The second-order valence-corrected chi connectivity index (χ2v) is 9.70. The third-order valence-electron chi connectivity index (χ3n) is 5.66. The van der Waals surface area contributed by atoms with Crippen LogP contribution in [0.1, 0.15) is 34.8 Å². The number of aryl methyl sites for hydroxylation is 1. The summed E-state index contributed by atoms with van der Waals surface area (Å²) in [7, 11) is 0. The minimum Gasteiger partial charge on any atom is -0.379 e. The number of hydrogen-bond acceptors (Lipinski definition) is 5. The average Bonchev–Trinajstić information content (AvgIpc) is 3.30. The van der Waals surface area contributed by atoms with Gasteiger partial charge >= 0.3 is 0 Å². The van der Waals surface area contributed by atoms with Crippen molar-refractivity contribution >= 4 is 39.1 Å². The van der Waals surface area contributed by atoms with Crippen molar-refractivity contribution in [2.24, 2.45) is 0 Å². The number of carbonyl (C=O) groups is 1. The first-order valence-electron chi connectivity index (χ1n) is 10.2. The number of ether oxygens (including phenoxy) is 1. The lowest BCUT2D eigenvalue weighted by atomic mass is 10.0. The van der Waals surface area contributed by atoms with Gasteiger partial charge in [0.2, 0.25) is 0 Å². The quantitative estimate of drug-likeness (QED) is 0.622. The highest BCUT2D eigenvalue weighted by atomic mass is 35.5. The number of benzene rings is 1. The SMILES string of the molecule is Cc1nn(Cc2ccccc2Cl)c2sc(C(=O)NCC(C)(C)N3CCOCC3)cc12. The van der Waals surface area contributed by atoms with Crippen molar-refractivity contribution in [2.45, 2.75) is 32.9 Å². The van der Waals surface area contributed by atoms with Gasteiger partial charge in [-0.2, -0.15) is 5.10 Å². The van der Waals surface area contributed by atoms with Crippen LogP contribution in [0.3, 0.4) is 0 Å². The van der Waals surface area contributed by atoms with Crippen molar-refractivity contribution in [3.63, 3.8) is 0 Å². The molecule has 0 atom stereocenters. The Hall–Kier alpha value is -1.93. The Kier molecular flexibility index (Phi) is 6.16. The zero-order chi connectivity index (χ0) is 21.3. The summed E-state index contributed by atoms with van der Waals surface area (Å²) in [5.74, 6) is -0.0405. The van der Waals surface area contributed by atoms with Crippen LogP contribution in [-0.2, 0) is 11.3 Å². The molecule has 0 saturated carbocycles. The van der Waals surface area contributed by atoms with Crippen LogP contribution in [0.4, 0.5) is 0 Å². The Balaban J connectivity index is 1.49. The molecular weight excluding hydrogens is 420 g/mol. The largest absolute Gasteiger partial charge is 0.379 e. The molecule has 160 valence electrons. The number of carbonyl (C=O) groups excluding carboxylic acids is 1. The highest BCUT2D eigenvalue weighted by molar-refractivity contribution is 7.20. The molecule has 3 aromatic rings. The highest BCUT2D eigenvalue weighted by Gasteiger charge is 2.29. The Morgan fingerprint density at radius 3 is 2.77 bits per heavy atom. The molecule has 2 aromatic heterocycles. The van der Waals surface area contributed by atoms with Gasteiger partial charge in [0.05, 0.1) is 30.3 Å². The number of amides is 1. The van der Waals surface area contributed by atoms with E-state index in [0.717, 1.165) is 52.8 Å². The number of morpholine rings is 1. The van der Waals surface area contributed by atoms with Crippen LogP contribution in [0.2, 0.25) is 5.02 Å². The van der Waals surface area contributed by atoms with Gasteiger partial charge in [0.15, 0.2) is 0 Å². The van der Waals surface area contributed by atoms with Crippen LogP contribution in [0.25, 0.3) is 10.2 Å². The maximum atomic E-state index is 12.9. The van der Waals surface area contributed by atoms with Crippen molar-refractivity contribution in [3.8, 4) is 0 Å².